The number of benzene rings is 1. The van der Waals surface area contributed by atoms with Crippen LogP contribution in [0.5, 0.6) is 11.5 Å². The minimum atomic E-state index is -0.469. The van der Waals surface area contributed by atoms with Crippen molar-refractivity contribution < 1.29 is 19.0 Å². The Hall–Kier alpha value is -1.95. The molecule has 1 aliphatic rings. The monoisotopic (exact) mass is 336 g/mol. The first-order valence-electron chi connectivity index (χ1n) is 8.45. The van der Waals surface area contributed by atoms with Crippen molar-refractivity contribution in [3.63, 3.8) is 0 Å². The van der Waals surface area contributed by atoms with Crippen LogP contribution in [0.15, 0.2) is 24.3 Å². The van der Waals surface area contributed by atoms with Gasteiger partial charge in [-0.3, -0.25) is 0 Å². The summed E-state index contributed by atoms with van der Waals surface area (Å²) in [4.78, 5) is 13.5. The summed E-state index contributed by atoms with van der Waals surface area (Å²) >= 11 is 0. The third-order valence-electron chi connectivity index (χ3n) is 3.49. The fourth-order valence-electron chi connectivity index (χ4n) is 2.23. The van der Waals surface area contributed by atoms with Gasteiger partial charge < -0.3 is 24.8 Å². The Morgan fingerprint density at radius 1 is 1.17 bits per heavy atom. The van der Waals surface area contributed by atoms with Crippen molar-refractivity contribution in [2.75, 3.05) is 26.2 Å². The topological polar surface area (TPSA) is 74.0 Å². The maximum absolute atomic E-state index is 11.9. The number of carbonyl (C=O) groups excluding carboxylic acids is 1. The maximum Gasteiger partial charge on any atom is 0.410 e. The first-order valence-corrected chi connectivity index (χ1v) is 8.45. The van der Waals surface area contributed by atoms with Crippen LogP contribution in [0.4, 0.5) is 4.79 Å². The minimum Gasteiger partial charge on any atom is -0.494 e. The Morgan fingerprint density at radius 3 is 2.38 bits per heavy atom. The number of carbonyl (C=O) groups is 1. The van der Waals surface area contributed by atoms with Gasteiger partial charge in [-0.1, -0.05) is 0 Å². The van der Waals surface area contributed by atoms with Crippen LogP contribution >= 0.6 is 0 Å². The smallest absolute Gasteiger partial charge is 0.410 e. The lowest BCUT2D eigenvalue weighted by Gasteiger charge is -2.39. The molecule has 134 valence electrons. The van der Waals surface area contributed by atoms with E-state index in [1.54, 1.807) is 4.90 Å². The predicted molar refractivity (Wildman–Crippen MR) is 92.4 cm³/mol. The molecule has 1 amide bonds. The van der Waals surface area contributed by atoms with Gasteiger partial charge in [0.15, 0.2) is 0 Å². The zero-order chi connectivity index (χ0) is 17.6. The van der Waals surface area contributed by atoms with E-state index in [0.29, 0.717) is 26.2 Å². The van der Waals surface area contributed by atoms with Crippen molar-refractivity contribution >= 4 is 6.09 Å². The van der Waals surface area contributed by atoms with Crippen molar-refractivity contribution in [3.05, 3.63) is 24.3 Å². The second-order valence-corrected chi connectivity index (χ2v) is 6.94. The Labute approximate surface area is 143 Å². The molecule has 2 N–H and O–H groups in total. The molecule has 24 heavy (non-hydrogen) atoms. The van der Waals surface area contributed by atoms with Gasteiger partial charge >= 0.3 is 6.09 Å². The second-order valence-electron chi connectivity index (χ2n) is 6.94. The molecule has 1 fully saturated rings. The molecule has 0 radical (unpaired) electrons. The number of ether oxygens (including phenoxy) is 3. The van der Waals surface area contributed by atoms with E-state index in [9.17, 15) is 4.79 Å². The number of nitrogens with two attached hydrogens (primary N) is 1. The van der Waals surface area contributed by atoms with Crippen molar-refractivity contribution in [1.29, 1.82) is 0 Å². The van der Waals surface area contributed by atoms with E-state index in [2.05, 4.69) is 0 Å². The normalized spacial score (nSPS) is 14.9. The number of amides is 1. The van der Waals surface area contributed by atoms with Crippen LogP contribution < -0.4 is 15.2 Å². The molecule has 1 aliphatic heterocycles. The summed E-state index contributed by atoms with van der Waals surface area (Å²) in [5.74, 6) is 1.60. The molecule has 1 heterocycles. The number of likely N-dealkylation sites (tertiary alicyclic amines) is 1. The average molecular weight is 336 g/mol. The lowest BCUT2D eigenvalue weighted by atomic mass is 10.1. The van der Waals surface area contributed by atoms with E-state index in [0.717, 1.165) is 24.3 Å². The lowest BCUT2D eigenvalue weighted by Crippen LogP contribution is -2.57. The molecule has 1 saturated heterocycles. The first-order chi connectivity index (χ1) is 11.4. The van der Waals surface area contributed by atoms with Crippen LogP contribution in [0.3, 0.4) is 0 Å². The van der Waals surface area contributed by atoms with Crippen LogP contribution in [0, 0.1) is 0 Å². The van der Waals surface area contributed by atoms with Crippen molar-refractivity contribution in [3.8, 4) is 11.5 Å². The fraction of sp³-hybridized carbons (Fsp3) is 0.611. The predicted octanol–water partition coefficient (Wildman–Crippen LogP) is 2.80. The number of nitrogens with zero attached hydrogens (tertiary/aromatic N) is 1. The third-order valence-corrected chi connectivity index (χ3v) is 3.49. The number of rotatable bonds is 7. The fourth-order valence-corrected chi connectivity index (χ4v) is 2.23. The van der Waals surface area contributed by atoms with Gasteiger partial charge in [0.1, 0.15) is 23.2 Å². The quantitative estimate of drug-likeness (QED) is 0.775. The highest BCUT2D eigenvalue weighted by Crippen LogP contribution is 2.23. The molecule has 0 saturated carbocycles. The zero-order valence-electron chi connectivity index (χ0n) is 14.8. The van der Waals surface area contributed by atoms with Crippen LogP contribution in [0.25, 0.3) is 0 Å². The van der Waals surface area contributed by atoms with Gasteiger partial charge in [-0.05, 0) is 64.4 Å². The second kappa shape index (κ2) is 8.24. The van der Waals surface area contributed by atoms with Gasteiger partial charge in [-0.15, -0.1) is 0 Å². The number of unbranched alkanes of at least 4 members (excludes halogenated alkanes) is 1. The molecule has 0 unspecified atom stereocenters. The van der Waals surface area contributed by atoms with E-state index in [4.69, 9.17) is 19.9 Å². The average Bonchev–Trinajstić information content (AvgIpc) is 2.46. The summed E-state index contributed by atoms with van der Waals surface area (Å²) in [5.41, 5.74) is 4.98. The third kappa shape index (κ3) is 5.92. The number of hydrogen-bond donors (Lipinski definition) is 1. The van der Waals surface area contributed by atoms with Crippen LogP contribution in [0.1, 0.15) is 33.6 Å². The van der Waals surface area contributed by atoms with Gasteiger partial charge in [0.25, 0.3) is 0 Å². The maximum atomic E-state index is 11.9. The first kappa shape index (κ1) is 18.4. The van der Waals surface area contributed by atoms with E-state index < -0.39 is 5.60 Å². The highest BCUT2D eigenvalue weighted by Gasteiger charge is 2.35. The van der Waals surface area contributed by atoms with Crippen molar-refractivity contribution in [2.45, 2.75) is 45.3 Å². The lowest BCUT2D eigenvalue weighted by molar-refractivity contribution is -0.0221. The molecule has 6 heteroatoms. The molecule has 0 aliphatic carbocycles. The van der Waals surface area contributed by atoms with E-state index >= 15 is 0 Å². The number of hydrogen-bond acceptors (Lipinski definition) is 5. The van der Waals surface area contributed by atoms with Gasteiger partial charge in [0, 0.05) is 0 Å². The van der Waals surface area contributed by atoms with E-state index in [1.165, 1.54) is 0 Å². The molecule has 0 spiro atoms. The van der Waals surface area contributed by atoms with Crippen molar-refractivity contribution in [1.82, 2.24) is 4.90 Å². The Balaban J connectivity index is 1.69. The minimum absolute atomic E-state index is 0.00819. The summed E-state index contributed by atoms with van der Waals surface area (Å²) in [5, 5.41) is 0. The largest absolute Gasteiger partial charge is 0.494 e. The van der Waals surface area contributed by atoms with Crippen molar-refractivity contribution in [2.24, 2.45) is 5.73 Å². The van der Waals surface area contributed by atoms with Crippen LogP contribution in [-0.4, -0.2) is 48.9 Å². The summed E-state index contributed by atoms with van der Waals surface area (Å²) < 4.78 is 16.8. The molecular formula is C18H28N2O4. The molecule has 0 aromatic heterocycles. The van der Waals surface area contributed by atoms with Gasteiger partial charge in [-0.2, -0.15) is 0 Å². The summed E-state index contributed by atoms with van der Waals surface area (Å²) in [6, 6.07) is 7.55. The molecule has 1 aromatic rings. The molecule has 2 rings (SSSR count). The summed E-state index contributed by atoms with van der Waals surface area (Å²) in [7, 11) is 0. The summed E-state index contributed by atoms with van der Waals surface area (Å²) in [6.45, 7) is 8.04. The Kier molecular flexibility index (Phi) is 6.31. The SMILES string of the molecule is CC(C)(C)OC(=O)N1CC(Oc2ccc(OCCCCN)cc2)C1. The molecule has 0 bridgehead atoms. The summed E-state index contributed by atoms with van der Waals surface area (Å²) in [6.07, 6.45) is 1.64. The van der Waals surface area contributed by atoms with Gasteiger partial charge in [0.2, 0.25) is 0 Å². The molecule has 0 atom stereocenters. The van der Waals surface area contributed by atoms with Crippen LogP contribution in [-0.2, 0) is 4.74 Å². The highest BCUT2D eigenvalue weighted by atomic mass is 16.6. The molecular weight excluding hydrogens is 308 g/mol. The molecule has 1 aromatic carbocycles. The Bertz CT molecular complexity index is 519. The van der Waals surface area contributed by atoms with Gasteiger partial charge in [-0.25, -0.2) is 4.79 Å². The zero-order valence-corrected chi connectivity index (χ0v) is 14.8. The highest BCUT2D eigenvalue weighted by molar-refractivity contribution is 5.69. The molecule has 6 nitrogen and oxygen atoms in total. The van der Waals surface area contributed by atoms with Crippen LogP contribution in [0.2, 0.25) is 0 Å². The standard InChI is InChI=1S/C18H28N2O4/c1-18(2,3)24-17(21)20-12-16(13-20)23-15-8-6-14(7-9-15)22-11-5-4-10-19/h6-9,16H,4-5,10-13,19H2,1-3H3. The van der Waals surface area contributed by atoms with E-state index in [-0.39, 0.29) is 12.2 Å². The van der Waals surface area contributed by atoms with Gasteiger partial charge in [0.05, 0.1) is 19.7 Å². The Morgan fingerprint density at radius 2 is 1.79 bits per heavy atom. The van der Waals surface area contributed by atoms with E-state index in [1.807, 2.05) is 45.0 Å².